The van der Waals surface area contributed by atoms with Crippen molar-refractivity contribution in [2.24, 2.45) is 0 Å². The number of ether oxygens (including phenoxy) is 1. The SMILES string of the molecule is CC1CC(c2ccc(F)cc2)C(c2ccnc(Oc3ccccc3)n2)CN1C. The molecule has 144 valence electrons. The molecule has 1 aromatic heterocycles. The first-order valence-corrected chi connectivity index (χ1v) is 9.61. The number of benzene rings is 2. The lowest BCUT2D eigenvalue weighted by atomic mass is 9.76. The first-order chi connectivity index (χ1) is 13.6. The molecule has 0 aliphatic carbocycles. The summed E-state index contributed by atoms with van der Waals surface area (Å²) < 4.78 is 19.3. The van der Waals surface area contributed by atoms with Crippen molar-refractivity contribution >= 4 is 0 Å². The van der Waals surface area contributed by atoms with Gasteiger partial charge in [-0.05, 0) is 62.2 Å². The zero-order valence-corrected chi connectivity index (χ0v) is 16.1. The molecule has 0 amide bonds. The van der Waals surface area contributed by atoms with E-state index in [1.807, 2.05) is 48.5 Å². The van der Waals surface area contributed by atoms with E-state index in [1.165, 1.54) is 0 Å². The van der Waals surface area contributed by atoms with Crippen molar-refractivity contribution in [1.82, 2.24) is 14.9 Å². The quantitative estimate of drug-likeness (QED) is 0.641. The van der Waals surface area contributed by atoms with Gasteiger partial charge in [-0.1, -0.05) is 30.3 Å². The van der Waals surface area contributed by atoms with Crippen LogP contribution in [0.15, 0.2) is 66.9 Å². The molecule has 1 saturated heterocycles. The van der Waals surface area contributed by atoms with Crippen LogP contribution in [0.1, 0.15) is 36.4 Å². The van der Waals surface area contributed by atoms with Crippen molar-refractivity contribution in [2.45, 2.75) is 31.2 Å². The largest absolute Gasteiger partial charge is 0.424 e. The second-order valence-corrected chi connectivity index (χ2v) is 7.47. The molecule has 0 spiro atoms. The average Bonchev–Trinajstić information content (AvgIpc) is 2.71. The maximum absolute atomic E-state index is 13.4. The fraction of sp³-hybridized carbons (Fsp3) is 0.304. The molecule has 1 aliphatic heterocycles. The summed E-state index contributed by atoms with van der Waals surface area (Å²) >= 11 is 0. The molecular formula is C23H24FN3O. The summed E-state index contributed by atoms with van der Waals surface area (Å²) in [6.07, 6.45) is 2.74. The molecule has 0 radical (unpaired) electrons. The molecule has 0 bridgehead atoms. The summed E-state index contributed by atoms with van der Waals surface area (Å²) in [7, 11) is 2.14. The zero-order chi connectivity index (χ0) is 19.5. The van der Waals surface area contributed by atoms with Crippen LogP contribution in [0.2, 0.25) is 0 Å². The number of rotatable bonds is 4. The van der Waals surface area contributed by atoms with Crippen LogP contribution in [-0.4, -0.2) is 34.5 Å². The van der Waals surface area contributed by atoms with Crippen LogP contribution in [0.3, 0.4) is 0 Å². The van der Waals surface area contributed by atoms with E-state index in [-0.39, 0.29) is 17.7 Å². The Bertz CT molecular complexity index is 917. The predicted molar refractivity (Wildman–Crippen MR) is 107 cm³/mol. The Balaban J connectivity index is 1.64. The van der Waals surface area contributed by atoms with E-state index in [9.17, 15) is 4.39 Å². The molecule has 3 atom stereocenters. The molecule has 1 fully saturated rings. The number of nitrogens with zero attached hydrogens (tertiary/aromatic N) is 3. The second kappa shape index (κ2) is 8.07. The highest BCUT2D eigenvalue weighted by atomic mass is 19.1. The standard InChI is InChI=1S/C23H24FN3O/c1-16-14-20(17-8-10-18(24)11-9-17)21(15-27(16)2)22-12-13-25-23(26-22)28-19-6-4-3-5-7-19/h3-13,16,20-21H,14-15H2,1-2H3. The first kappa shape index (κ1) is 18.6. The molecule has 3 unspecified atom stereocenters. The molecule has 2 heterocycles. The summed E-state index contributed by atoms with van der Waals surface area (Å²) in [6.45, 7) is 3.11. The van der Waals surface area contributed by atoms with E-state index in [4.69, 9.17) is 9.72 Å². The third-order valence-electron chi connectivity index (χ3n) is 5.60. The third-order valence-corrected chi connectivity index (χ3v) is 5.60. The van der Waals surface area contributed by atoms with Crippen molar-refractivity contribution in [1.29, 1.82) is 0 Å². The van der Waals surface area contributed by atoms with Crippen LogP contribution in [0.4, 0.5) is 4.39 Å². The number of likely N-dealkylation sites (N-methyl/N-ethyl adjacent to an activating group) is 1. The summed E-state index contributed by atoms with van der Waals surface area (Å²) in [4.78, 5) is 11.3. The first-order valence-electron chi connectivity index (χ1n) is 9.61. The van der Waals surface area contributed by atoms with Gasteiger partial charge in [-0.25, -0.2) is 9.37 Å². The van der Waals surface area contributed by atoms with Crippen molar-refractivity contribution in [3.8, 4) is 11.8 Å². The van der Waals surface area contributed by atoms with Crippen molar-refractivity contribution in [2.75, 3.05) is 13.6 Å². The number of hydrogen-bond acceptors (Lipinski definition) is 4. The molecular weight excluding hydrogens is 353 g/mol. The maximum atomic E-state index is 13.4. The smallest absolute Gasteiger partial charge is 0.322 e. The lowest BCUT2D eigenvalue weighted by molar-refractivity contribution is 0.159. The van der Waals surface area contributed by atoms with E-state index in [1.54, 1.807) is 18.3 Å². The van der Waals surface area contributed by atoms with E-state index in [2.05, 4.69) is 23.9 Å². The van der Waals surface area contributed by atoms with Gasteiger partial charge in [-0.2, -0.15) is 4.98 Å². The van der Waals surface area contributed by atoms with Crippen LogP contribution in [0.25, 0.3) is 0 Å². The molecule has 0 saturated carbocycles. The van der Waals surface area contributed by atoms with Crippen molar-refractivity contribution < 1.29 is 9.13 Å². The minimum atomic E-state index is -0.207. The van der Waals surface area contributed by atoms with E-state index in [0.29, 0.717) is 17.8 Å². The summed E-state index contributed by atoms with van der Waals surface area (Å²) in [5, 5.41) is 0. The lowest BCUT2D eigenvalue weighted by Crippen LogP contribution is -2.42. The van der Waals surface area contributed by atoms with E-state index in [0.717, 1.165) is 24.2 Å². The Labute approximate surface area is 165 Å². The van der Waals surface area contributed by atoms with Gasteiger partial charge in [0.25, 0.3) is 0 Å². The fourth-order valence-corrected chi connectivity index (χ4v) is 3.91. The van der Waals surface area contributed by atoms with Crippen molar-refractivity contribution in [3.05, 3.63) is 83.9 Å². The number of halogens is 1. The van der Waals surface area contributed by atoms with Crippen LogP contribution >= 0.6 is 0 Å². The van der Waals surface area contributed by atoms with E-state index >= 15 is 0 Å². The monoisotopic (exact) mass is 377 g/mol. The zero-order valence-electron chi connectivity index (χ0n) is 16.1. The molecule has 0 N–H and O–H groups in total. The molecule has 4 rings (SSSR count). The number of likely N-dealkylation sites (tertiary alicyclic amines) is 1. The van der Waals surface area contributed by atoms with Crippen LogP contribution in [-0.2, 0) is 0 Å². The van der Waals surface area contributed by atoms with Gasteiger partial charge in [-0.15, -0.1) is 0 Å². The van der Waals surface area contributed by atoms with Gasteiger partial charge in [0.1, 0.15) is 11.6 Å². The van der Waals surface area contributed by atoms with E-state index < -0.39 is 0 Å². The molecule has 5 heteroatoms. The number of hydrogen-bond donors (Lipinski definition) is 0. The predicted octanol–water partition coefficient (Wildman–Crippen LogP) is 5.00. The average molecular weight is 377 g/mol. The minimum Gasteiger partial charge on any atom is -0.424 e. The minimum absolute atomic E-state index is 0.188. The lowest BCUT2D eigenvalue weighted by Gasteiger charge is -2.41. The number of aromatic nitrogens is 2. The van der Waals surface area contributed by atoms with Gasteiger partial charge in [0.15, 0.2) is 0 Å². The van der Waals surface area contributed by atoms with Crippen molar-refractivity contribution in [3.63, 3.8) is 0 Å². The summed E-state index contributed by atoms with van der Waals surface area (Å²) in [5.74, 6) is 0.963. The second-order valence-electron chi connectivity index (χ2n) is 7.47. The fourth-order valence-electron chi connectivity index (χ4n) is 3.91. The Hall–Kier alpha value is -2.79. The summed E-state index contributed by atoms with van der Waals surface area (Å²) in [6, 6.07) is 19.2. The van der Waals surface area contributed by atoms with Gasteiger partial charge in [0.2, 0.25) is 0 Å². The van der Waals surface area contributed by atoms with Gasteiger partial charge in [-0.3, -0.25) is 0 Å². The number of para-hydroxylation sites is 1. The highest BCUT2D eigenvalue weighted by Crippen LogP contribution is 2.41. The van der Waals surface area contributed by atoms with Crippen LogP contribution < -0.4 is 4.74 Å². The van der Waals surface area contributed by atoms with Crippen LogP contribution in [0, 0.1) is 5.82 Å². The topological polar surface area (TPSA) is 38.3 Å². The maximum Gasteiger partial charge on any atom is 0.322 e. The molecule has 28 heavy (non-hydrogen) atoms. The van der Waals surface area contributed by atoms with Gasteiger partial charge in [0.05, 0.1) is 5.69 Å². The van der Waals surface area contributed by atoms with Gasteiger partial charge in [0, 0.05) is 24.7 Å². The Kier molecular flexibility index (Phi) is 5.35. The van der Waals surface area contributed by atoms with Crippen LogP contribution in [0.5, 0.6) is 11.8 Å². The number of piperidine rings is 1. The third kappa shape index (κ3) is 4.04. The Morgan fingerprint density at radius 3 is 2.50 bits per heavy atom. The molecule has 3 aromatic rings. The Morgan fingerprint density at radius 2 is 1.75 bits per heavy atom. The molecule has 4 nitrogen and oxygen atoms in total. The highest BCUT2D eigenvalue weighted by Gasteiger charge is 2.34. The Morgan fingerprint density at radius 1 is 1.00 bits per heavy atom. The van der Waals surface area contributed by atoms with Gasteiger partial charge < -0.3 is 9.64 Å². The summed E-state index contributed by atoms with van der Waals surface area (Å²) in [5.41, 5.74) is 2.10. The highest BCUT2D eigenvalue weighted by molar-refractivity contribution is 5.29. The molecule has 1 aliphatic rings. The molecule has 2 aromatic carbocycles. The normalized spacial score (nSPS) is 22.8. The van der Waals surface area contributed by atoms with Gasteiger partial charge >= 0.3 is 6.01 Å².